The first-order valence-corrected chi connectivity index (χ1v) is 24.7. The van der Waals surface area contributed by atoms with Crippen molar-refractivity contribution in [2.45, 2.75) is 110 Å². The first-order valence-electron chi connectivity index (χ1n) is 18.5. The third-order valence-electron chi connectivity index (χ3n) is 10.0. The number of hydrogen-bond acceptors (Lipinski definition) is 0. The van der Waals surface area contributed by atoms with Crippen molar-refractivity contribution < 1.29 is 48.1 Å². The van der Waals surface area contributed by atoms with Crippen LogP contribution in [0.1, 0.15) is 108 Å². The molecule has 1 fully saturated rings. The van der Waals surface area contributed by atoms with Gasteiger partial charge in [-0.3, -0.25) is 0 Å². The van der Waals surface area contributed by atoms with Crippen LogP contribution in [0.5, 0.6) is 0 Å². The predicted octanol–water partition coefficient (Wildman–Crippen LogP) is 8.27. The van der Waals surface area contributed by atoms with E-state index in [-0.39, 0.29) is 35.7 Å². The Morgan fingerprint density at radius 3 is 1.69 bits per heavy atom. The minimum Gasteiger partial charge on any atom is -1.00 e. The summed E-state index contributed by atoms with van der Waals surface area (Å²) in [4.78, 5) is 0. The van der Waals surface area contributed by atoms with Crippen molar-refractivity contribution in [2.24, 2.45) is 0 Å². The average molecular weight is 811 g/mol. The molecule has 0 radical (unpaired) electrons. The van der Waals surface area contributed by atoms with Crippen LogP contribution in [0.2, 0.25) is 13.1 Å². The van der Waals surface area contributed by atoms with Crippen LogP contribution in [-0.2, 0) is 35.2 Å². The maximum Gasteiger partial charge on any atom is -1.00 e. The van der Waals surface area contributed by atoms with E-state index >= 15 is 0 Å². The van der Waals surface area contributed by atoms with Crippen molar-refractivity contribution in [2.75, 3.05) is 0 Å². The van der Waals surface area contributed by atoms with E-state index in [4.69, 9.17) is 0 Å². The maximum absolute atomic E-state index is 2.47. The van der Waals surface area contributed by atoms with Gasteiger partial charge in [0.25, 0.3) is 0 Å². The van der Waals surface area contributed by atoms with E-state index in [1.54, 1.807) is 28.9 Å². The summed E-state index contributed by atoms with van der Waals surface area (Å²) in [6.07, 6.45) is 8.05. The molecule has 1 aliphatic carbocycles. The van der Waals surface area contributed by atoms with Gasteiger partial charge < -0.3 is 24.8 Å². The molecule has 0 bridgehead atoms. The molecule has 6 aromatic rings. The summed E-state index contributed by atoms with van der Waals surface area (Å²) < 4.78 is 0. The minimum absolute atomic E-state index is 0. The standard InChI is InChI=1S/C24H27.C21H23.C2H6Si.2ClH.Zr/c1-17(2)18-11-13-20(14-12-18)23-10-6-9-21-15-22(16-24(21)23)19-7-4-3-5-8-19;1-5-15-13-17-7-6-8-19(20(17)14-15)16-9-11-18(12-10-16)21(2,3)4;1-3-2;;;/h6,9-17,19H,3-5,7-8H2,1-2H3;6-14H,5H2,1-4H3;1-2H3;2*1H;/q2*-1;;;;+2/p-2. The molecule has 0 aromatic heterocycles. The largest absolute Gasteiger partial charge is 1.00 e. The van der Waals surface area contributed by atoms with Gasteiger partial charge in [0.1, 0.15) is 0 Å². The number of aryl methyl sites for hydroxylation is 1. The number of rotatable bonds is 5. The molecule has 0 nitrogen and oxygen atoms in total. The molecule has 0 unspecified atom stereocenters. The first kappa shape index (κ1) is 43.2. The van der Waals surface area contributed by atoms with E-state index in [2.05, 4.69) is 164 Å². The summed E-state index contributed by atoms with van der Waals surface area (Å²) in [7, 11) is 0. The number of fused-ring (bicyclic) bond motifs is 2. The van der Waals surface area contributed by atoms with Crippen molar-refractivity contribution in [3.8, 4) is 22.3 Å². The third kappa shape index (κ3) is 11.4. The number of hydrogen-bond donors (Lipinski definition) is 0. The molecule has 1 saturated carbocycles. The molecule has 1 aliphatic rings. The van der Waals surface area contributed by atoms with Gasteiger partial charge >= 0.3 is 41.9 Å². The van der Waals surface area contributed by atoms with Crippen molar-refractivity contribution >= 4 is 27.0 Å². The zero-order chi connectivity index (χ0) is 35.1. The Kier molecular flexibility index (Phi) is 16.7. The molecule has 0 saturated heterocycles. The van der Waals surface area contributed by atoms with Gasteiger partial charge in [0.2, 0.25) is 0 Å². The van der Waals surface area contributed by atoms with E-state index in [0.29, 0.717) is 5.92 Å². The average Bonchev–Trinajstić information content (AvgIpc) is 3.73. The van der Waals surface area contributed by atoms with Crippen LogP contribution >= 0.6 is 0 Å². The van der Waals surface area contributed by atoms with E-state index in [0.717, 1.165) is 12.3 Å². The summed E-state index contributed by atoms with van der Waals surface area (Å²) in [6.45, 7) is 18.1. The summed E-state index contributed by atoms with van der Waals surface area (Å²) in [6, 6.07) is 41.1. The van der Waals surface area contributed by atoms with E-state index < -0.39 is 0 Å². The minimum atomic E-state index is 0. The molecule has 51 heavy (non-hydrogen) atoms. The smallest absolute Gasteiger partial charge is 1.00 e. The SMILES string of the molecule is CC(C)c1ccc(-c2cccc3[cH-]c(C4CCCCC4)cc23)cc1.CCc1cc2c(-c3ccc(C(C)(C)C)cc3)cccc2[cH-]1.C[Si](C)=[Zr+2].[Cl-].[Cl-]. The molecule has 0 spiro atoms. The summed E-state index contributed by atoms with van der Waals surface area (Å²) in [5.74, 6) is 1.37. The van der Waals surface area contributed by atoms with Gasteiger partial charge in [-0.05, 0) is 58.8 Å². The van der Waals surface area contributed by atoms with Crippen LogP contribution in [0.3, 0.4) is 0 Å². The summed E-state index contributed by atoms with van der Waals surface area (Å²) in [5, 5.41) is 5.55. The van der Waals surface area contributed by atoms with Gasteiger partial charge in [-0.1, -0.05) is 133 Å². The number of halogens is 2. The van der Waals surface area contributed by atoms with Gasteiger partial charge in [-0.15, -0.1) is 69.1 Å². The predicted molar refractivity (Wildman–Crippen MR) is 215 cm³/mol. The molecule has 0 amide bonds. The molecule has 0 atom stereocenters. The molecule has 7 rings (SSSR count). The van der Waals surface area contributed by atoms with Gasteiger partial charge in [-0.2, -0.15) is 12.1 Å². The summed E-state index contributed by atoms with van der Waals surface area (Å²) in [5.41, 5.74) is 11.6. The second-order valence-electron chi connectivity index (χ2n) is 15.6. The monoisotopic (exact) mass is 808 g/mol. The summed E-state index contributed by atoms with van der Waals surface area (Å²) >= 11 is 1.74. The van der Waals surface area contributed by atoms with Crippen LogP contribution < -0.4 is 24.8 Å². The van der Waals surface area contributed by atoms with Crippen LogP contribution in [0.25, 0.3) is 43.8 Å². The Balaban J connectivity index is 0.000000243. The fraction of sp³-hybridized carbons (Fsp3) is 0.362. The third-order valence-corrected chi connectivity index (χ3v) is 10.0. The van der Waals surface area contributed by atoms with E-state index in [1.807, 2.05) is 0 Å². The van der Waals surface area contributed by atoms with Gasteiger partial charge in [0.05, 0.1) is 0 Å². The quantitative estimate of drug-likeness (QED) is 0.122. The normalized spacial score (nSPS) is 13.1. The van der Waals surface area contributed by atoms with Crippen molar-refractivity contribution in [1.29, 1.82) is 0 Å². The molecule has 268 valence electrons. The molecule has 4 heteroatoms. The topological polar surface area (TPSA) is 0 Å². The van der Waals surface area contributed by atoms with E-state index in [1.165, 1.54) is 92.6 Å². The first-order chi connectivity index (χ1) is 23.4. The van der Waals surface area contributed by atoms with Crippen molar-refractivity contribution in [3.05, 3.63) is 131 Å². The molecule has 0 heterocycles. The van der Waals surface area contributed by atoms with Crippen LogP contribution in [-0.4, -0.2) is 5.43 Å². The second kappa shape index (κ2) is 19.7. The van der Waals surface area contributed by atoms with Crippen molar-refractivity contribution in [1.82, 2.24) is 0 Å². The fourth-order valence-corrected chi connectivity index (χ4v) is 7.13. The van der Waals surface area contributed by atoms with Gasteiger partial charge in [-0.25, -0.2) is 0 Å². The maximum atomic E-state index is 2.47. The Bertz CT molecular complexity index is 1960. The Labute approximate surface area is 336 Å². The molecular formula is C47H56Cl2SiZr-2. The van der Waals surface area contributed by atoms with E-state index in [9.17, 15) is 0 Å². The molecule has 6 aromatic carbocycles. The van der Waals surface area contributed by atoms with Crippen LogP contribution in [0.15, 0.2) is 109 Å². The number of benzene rings is 4. The van der Waals surface area contributed by atoms with Crippen LogP contribution in [0, 0.1) is 0 Å². The van der Waals surface area contributed by atoms with Gasteiger partial charge in [0.15, 0.2) is 0 Å². The molecule has 0 aliphatic heterocycles. The Morgan fingerprint density at radius 2 is 1.20 bits per heavy atom. The zero-order valence-corrected chi connectivity index (χ0v) is 37.0. The Morgan fingerprint density at radius 1 is 0.706 bits per heavy atom. The van der Waals surface area contributed by atoms with Crippen LogP contribution in [0.4, 0.5) is 0 Å². The zero-order valence-electron chi connectivity index (χ0n) is 32.0. The fourth-order valence-electron chi connectivity index (χ4n) is 7.13. The molecule has 0 N–H and O–H groups in total. The van der Waals surface area contributed by atoms with Crippen molar-refractivity contribution in [3.63, 3.8) is 0 Å². The Hall–Kier alpha value is -2.22. The second-order valence-corrected chi connectivity index (χ2v) is 24.9. The molecular weight excluding hydrogens is 755 g/mol. The van der Waals surface area contributed by atoms with Gasteiger partial charge in [0, 0.05) is 0 Å².